The number of rotatable bonds is 6. The molecule has 1 heterocycles. The van der Waals surface area contributed by atoms with Crippen LogP contribution in [0.3, 0.4) is 0 Å². The summed E-state index contributed by atoms with van der Waals surface area (Å²) in [4.78, 5) is 4.28. The average Bonchev–Trinajstić information content (AvgIpc) is 2.70. The van der Waals surface area contributed by atoms with Gasteiger partial charge in [0.05, 0.1) is 6.61 Å². The molecular weight excluding hydrogens is 484 g/mol. The first-order chi connectivity index (χ1) is 13.6. The van der Waals surface area contributed by atoms with E-state index in [-0.39, 0.29) is 36.6 Å². The number of aryl methyl sites for hydroxylation is 1. The molecule has 158 valence electrons. The second-order valence-electron chi connectivity index (χ2n) is 7.11. The Morgan fingerprint density at radius 1 is 1.24 bits per heavy atom. The van der Waals surface area contributed by atoms with Gasteiger partial charge < -0.3 is 20.1 Å². The maximum absolute atomic E-state index is 13.8. The minimum absolute atomic E-state index is 0. The van der Waals surface area contributed by atoms with E-state index < -0.39 is 0 Å². The summed E-state index contributed by atoms with van der Waals surface area (Å²) in [7, 11) is 1.75. The lowest BCUT2D eigenvalue weighted by Gasteiger charge is -2.21. The Balaban J connectivity index is 0.00000300. The first-order valence-corrected chi connectivity index (χ1v) is 9.59. The van der Waals surface area contributed by atoms with Gasteiger partial charge in [-0.25, -0.2) is 4.39 Å². The molecule has 1 aliphatic heterocycles. The van der Waals surface area contributed by atoms with Crippen molar-refractivity contribution in [2.45, 2.75) is 32.8 Å². The normalized spacial score (nSPS) is 14.3. The van der Waals surface area contributed by atoms with Crippen LogP contribution in [0, 0.1) is 12.7 Å². The molecule has 0 aliphatic carbocycles. The summed E-state index contributed by atoms with van der Waals surface area (Å²) >= 11 is 0. The summed E-state index contributed by atoms with van der Waals surface area (Å²) in [6, 6.07) is 11.5. The standard InChI is InChI=1S/C22H28FN3O2.HI/c1-15-5-4-6-17(9-15)16(2)12-26-22(24-3)25-8-7-18-10-20(23)11-19-13-27-14-28-21(18)19;/h4-6,9-11,16H,7-8,12-14H2,1-3H3,(H2,24,25,26);1H. The van der Waals surface area contributed by atoms with Crippen LogP contribution in [-0.2, 0) is 17.8 Å². The van der Waals surface area contributed by atoms with E-state index in [9.17, 15) is 4.39 Å². The van der Waals surface area contributed by atoms with E-state index >= 15 is 0 Å². The van der Waals surface area contributed by atoms with Gasteiger partial charge in [0, 0.05) is 25.7 Å². The Labute approximate surface area is 189 Å². The largest absolute Gasteiger partial charge is 0.467 e. The summed E-state index contributed by atoms with van der Waals surface area (Å²) in [5.74, 6) is 1.57. The quantitative estimate of drug-likeness (QED) is 0.347. The highest BCUT2D eigenvalue weighted by Crippen LogP contribution is 2.29. The number of nitrogens with one attached hydrogen (secondary N) is 2. The molecule has 0 saturated carbocycles. The zero-order valence-corrected chi connectivity index (χ0v) is 19.5. The Hall–Kier alpha value is -1.87. The number of hydrogen-bond acceptors (Lipinski definition) is 3. The number of nitrogens with zero attached hydrogens (tertiary/aromatic N) is 1. The number of fused-ring (bicyclic) bond motifs is 1. The Bertz CT molecular complexity index is 845. The molecule has 2 N–H and O–H groups in total. The SMILES string of the molecule is CN=C(NCCc1cc(F)cc2c1OCOC2)NCC(C)c1cccc(C)c1.I. The number of aliphatic imine (C=N–C) groups is 1. The number of benzene rings is 2. The van der Waals surface area contributed by atoms with Crippen molar-refractivity contribution < 1.29 is 13.9 Å². The zero-order chi connectivity index (χ0) is 19.9. The van der Waals surface area contributed by atoms with Gasteiger partial charge in [-0.3, -0.25) is 4.99 Å². The third-order valence-corrected chi connectivity index (χ3v) is 4.85. The van der Waals surface area contributed by atoms with E-state index in [1.165, 1.54) is 23.3 Å². The fourth-order valence-electron chi connectivity index (χ4n) is 3.32. The highest BCUT2D eigenvalue weighted by molar-refractivity contribution is 14.0. The van der Waals surface area contributed by atoms with Crippen LogP contribution in [-0.4, -0.2) is 32.9 Å². The lowest BCUT2D eigenvalue weighted by atomic mass is 9.99. The predicted octanol–water partition coefficient (Wildman–Crippen LogP) is 4.13. The molecule has 0 fully saturated rings. The third kappa shape index (κ3) is 6.57. The molecule has 0 spiro atoms. The molecule has 1 unspecified atom stereocenters. The van der Waals surface area contributed by atoms with Gasteiger partial charge in [0.2, 0.25) is 0 Å². The fourth-order valence-corrected chi connectivity index (χ4v) is 3.32. The monoisotopic (exact) mass is 513 g/mol. The second kappa shape index (κ2) is 11.3. The molecule has 2 aromatic carbocycles. The van der Waals surface area contributed by atoms with Crippen molar-refractivity contribution in [3.05, 3.63) is 64.5 Å². The highest BCUT2D eigenvalue weighted by atomic mass is 127. The second-order valence-corrected chi connectivity index (χ2v) is 7.11. The van der Waals surface area contributed by atoms with E-state index in [1.807, 2.05) is 0 Å². The van der Waals surface area contributed by atoms with Gasteiger partial charge in [-0.15, -0.1) is 24.0 Å². The van der Waals surface area contributed by atoms with Crippen LogP contribution in [0.4, 0.5) is 4.39 Å². The maximum Gasteiger partial charge on any atom is 0.191 e. The van der Waals surface area contributed by atoms with Gasteiger partial charge in [-0.2, -0.15) is 0 Å². The van der Waals surface area contributed by atoms with Crippen molar-refractivity contribution in [2.75, 3.05) is 26.9 Å². The van der Waals surface area contributed by atoms with Crippen molar-refractivity contribution in [1.29, 1.82) is 0 Å². The minimum Gasteiger partial charge on any atom is -0.467 e. The molecule has 0 amide bonds. The van der Waals surface area contributed by atoms with Crippen molar-refractivity contribution in [3.8, 4) is 5.75 Å². The minimum atomic E-state index is -0.266. The molecule has 2 aromatic rings. The van der Waals surface area contributed by atoms with Crippen molar-refractivity contribution in [1.82, 2.24) is 10.6 Å². The van der Waals surface area contributed by atoms with Crippen LogP contribution in [0.25, 0.3) is 0 Å². The summed E-state index contributed by atoms with van der Waals surface area (Å²) < 4.78 is 24.6. The maximum atomic E-state index is 13.8. The lowest BCUT2D eigenvalue weighted by molar-refractivity contribution is -0.0172. The first kappa shape index (κ1) is 23.4. The molecule has 5 nitrogen and oxygen atoms in total. The Morgan fingerprint density at radius 2 is 2.07 bits per heavy atom. The average molecular weight is 513 g/mol. The Morgan fingerprint density at radius 3 is 2.83 bits per heavy atom. The first-order valence-electron chi connectivity index (χ1n) is 9.59. The van der Waals surface area contributed by atoms with Crippen molar-refractivity contribution in [2.24, 2.45) is 4.99 Å². The molecule has 29 heavy (non-hydrogen) atoms. The summed E-state index contributed by atoms with van der Waals surface area (Å²) in [6.07, 6.45) is 0.633. The molecular formula is C22H29FIN3O2. The van der Waals surface area contributed by atoms with Gasteiger partial charge in [0.15, 0.2) is 12.8 Å². The van der Waals surface area contributed by atoms with Crippen molar-refractivity contribution in [3.63, 3.8) is 0 Å². The molecule has 1 aliphatic rings. The van der Waals surface area contributed by atoms with Gasteiger partial charge in [0.25, 0.3) is 0 Å². The molecule has 0 bridgehead atoms. The number of ether oxygens (including phenoxy) is 2. The van der Waals surface area contributed by atoms with Crippen LogP contribution in [0.15, 0.2) is 41.4 Å². The molecule has 3 rings (SSSR count). The summed E-state index contributed by atoms with van der Waals surface area (Å²) in [5, 5.41) is 6.65. The third-order valence-electron chi connectivity index (χ3n) is 4.85. The van der Waals surface area contributed by atoms with Gasteiger partial charge in [-0.1, -0.05) is 36.8 Å². The van der Waals surface area contributed by atoms with Crippen molar-refractivity contribution >= 4 is 29.9 Å². The van der Waals surface area contributed by atoms with Crippen LogP contribution in [0.5, 0.6) is 5.75 Å². The van der Waals surface area contributed by atoms with E-state index in [2.05, 4.69) is 53.7 Å². The smallest absolute Gasteiger partial charge is 0.191 e. The summed E-state index contributed by atoms with van der Waals surface area (Å²) in [6.45, 7) is 6.28. The number of hydrogen-bond donors (Lipinski definition) is 2. The van der Waals surface area contributed by atoms with Gasteiger partial charge in [0.1, 0.15) is 11.6 Å². The molecule has 1 atom stereocenters. The molecule has 0 radical (unpaired) electrons. The van der Waals surface area contributed by atoms with Crippen LogP contribution >= 0.6 is 24.0 Å². The van der Waals surface area contributed by atoms with Gasteiger partial charge >= 0.3 is 0 Å². The van der Waals surface area contributed by atoms with Crippen LogP contribution in [0.1, 0.15) is 35.1 Å². The predicted molar refractivity (Wildman–Crippen MR) is 125 cm³/mol. The van der Waals surface area contributed by atoms with E-state index in [0.29, 0.717) is 25.5 Å². The summed E-state index contributed by atoms with van der Waals surface area (Å²) in [5.41, 5.74) is 4.16. The van der Waals surface area contributed by atoms with E-state index in [0.717, 1.165) is 29.4 Å². The highest BCUT2D eigenvalue weighted by Gasteiger charge is 2.17. The van der Waals surface area contributed by atoms with E-state index in [1.54, 1.807) is 7.05 Å². The molecule has 0 aromatic heterocycles. The zero-order valence-electron chi connectivity index (χ0n) is 17.1. The van der Waals surface area contributed by atoms with E-state index in [4.69, 9.17) is 9.47 Å². The van der Waals surface area contributed by atoms with Crippen LogP contribution in [0.2, 0.25) is 0 Å². The van der Waals surface area contributed by atoms with Gasteiger partial charge in [-0.05, 0) is 42.5 Å². The Kier molecular flexibility index (Phi) is 9.16. The number of guanidine groups is 1. The molecule has 0 saturated heterocycles. The lowest BCUT2D eigenvalue weighted by Crippen LogP contribution is -2.40. The number of halogens is 2. The fraction of sp³-hybridized carbons (Fsp3) is 0.409. The molecule has 7 heteroatoms. The van der Waals surface area contributed by atoms with Crippen LogP contribution < -0.4 is 15.4 Å². The topological polar surface area (TPSA) is 54.9 Å².